The highest BCUT2D eigenvalue weighted by atomic mass is 16.5. The van der Waals surface area contributed by atoms with Crippen LogP contribution in [0.2, 0.25) is 0 Å². The summed E-state index contributed by atoms with van der Waals surface area (Å²) in [6.45, 7) is 4.06. The minimum absolute atomic E-state index is 0.124. The Morgan fingerprint density at radius 3 is 2.89 bits per heavy atom. The van der Waals surface area contributed by atoms with Crippen molar-refractivity contribution in [2.45, 2.75) is 39.3 Å². The van der Waals surface area contributed by atoms with Crippen LogP contribution in [0.1, 0.15) is 41.4 Å². The van der Waals surface area contributed by atoms with Crippen LogP contribution in [0.3, 0.4) is 0 Å². The second-order valence-corrected chi connectivity index (χ2v) is 6.41. The lowest BCUT2D eigenvalue weighted by Crippen LogP contribution is -2.37. The summed E-state index contributed by atoms with van der Waals surface area (Å²) in [4.78, 5) is 20.4. The highest BCUT2D eigenvalue weighted by Crippen LogP contribution is 2.25. The molecule has 0 saturated carbocycles. The number of hydrogen-bond donors (Lipinski definition) is 3. The second kappa shape index (κ2) is 8.47. The van der Waals surface area contributed by atoms with Gasteiger partial charge in [0.05, 0.1) is 31.6 Å². The number of aliphatic hydroxyl groups is 1. The Kier molecular flexibility index (Phi) is 6.05. The quantitative estimate of drug-likeness (QED) is 0.614. The fourth-order valence-corrected chi connectivity index (χ4v) is 3.01. The average molecular weight is 371 g/mol. The molecule has 3 N–H and O–H groups in total. The van der Waals surface area contributed by atoms with Gasteiger partial charge >= 0.3 is 7.12 Å². The van der Waals surface area contributed by atoms with Crippen molar-refractivity contribution < 1.29 is 24.3 Å². The Hall–Kier alpha value is -2.49. The molecule has 0 fully saturated rings. The number of aromatic nitrogens is 2. The lowest BCUT2D eigenvalue weighted by atomic mass is 9.76. The molecular weight excluding hydrogens is 349 g/mol. The smallest absolute Gasteiger partial charge is 0.437 e. The standard InChI is InChI=1S/C18H22BN3O5/c1-3-4-13(9-23)22-18(24)14-7-21-16(8-20-14)27-15-6-5-12-10-26-19(25)17(12)11(15)2/h5-8,13,23,25H,3-4,9-10H2,1-2H3,(H,22,24). The molecule has 0 bridgehead atoms. The van der Waals surface area contributed by atoms with E-state index in [1.165, 1.54) is 12.4 Å². The number of nitrogens with zero attached hydrogens (tertiary/aromatic N) is 2. The maximum absolute atomic E-state index is 12.2. The fourth-order valence-electron chi connectivity index (χ4n) is 3.01. The normalized spacial score (nSPS) is 14.0. The number of nitrogens with one attached hydrogen (secondary N) is 1. The maximum Gasteiger partial charge on any atom is 0.492 e. The van der Waals surface area contributed by atoms with Gasteiger partial charge in [-0.25, -0.2) is 9.97 Å². The van der Waals surface area contributed by atoms with Crippen LogP contribution in [-0.4, -0.2) is 45.8 Å². The van der Waals surface area contributed by atoms with Gasteiger partial charge in [0.25, 0.3) is 5.91 Å². The van der Waals surface area contributed by atoms with Crippen molar-refractivity contribution >= 4 is 18.5 Å². The van der Waals surface area contributed by atoms with E-state index in [0.717, 1.165) is 17.5 Å². The molecular formula is C18H22BN3O5. The number of carbonyl (C=O) groups excluding carboxylic acids is 1. The van der Waals surface area contributed by atoms with Gasteiger partial charge < -0.3 is 24.8 Å². The Labute approximate surface area is 157 Å². The predicted octanol–water partition coefficient (Wildman–Crippen LogP) is 0.686. The largest absolute Gasteiger partial charge is 0.492 e. The molecule has 1 unspecified atom stereocenters. The summed E-state index contributed by atoms with van der Waals surface area (Å²) >= 11 is 0. The van der Waals surface area contributed by atoms with Crippen molar-refractivity contribution in [3.63, 3.8) is 0 Å². The third-order valence-corrected chi connectivity index (χ3v) is 4.47. The van der Waals surface area contributed by atoms with E-state index in [1.807, 2.05) is 19.9 Å². The molecule has 27 heavy (non-hydrogen) atoms. The van der Waals surface area contributed by atoms with E-state index in [4.69, 9.17) is 9.39 Å². The second-order valence-electron chi connectivity index (χ2n) is 6.41. The highest BCUT2D eigenvalue weighted by molar-refractivity contribution is 6.62. The number of aliphatic hydroxyl groups excluding tert-OH is 1. The Balaban J connectivity index is 1.70. The molecule has 0 aliphatic carbocycles. The Bertz CT molecular complexity index is 815. The van der Waals surface area contributed by atoms with Gasteiger partial charge in [-0.3, -0.25) is 4.79 Å². The zero-order valence-corrected chi connectivity index (χ0v) is 15.3. The summed E-state index contributed by atoms with van der Waals surface area (Å²) < 4.78 is 11.0. The molecule has 0 spiro atoms. The van der Waals surface area contributed by atoms with Crippen LogP contribution in [0.25, 0.3) is 0 Å². The van der Waals surface area contributed by atoms with Crippen LogP contribution >= 0.6 is 0 Å². The third-order valence-electron chi connectivity index (χ3n) is 4.47. The molecule has 1 atom stereocenters. The Morgan fingerprint density at radius 2 is 2.22 bits per heavy atom. The van der Waals surface area contributed by atoms with E-state index in [0.29, 0.717) is 24.2 Å². The van der Waals surface area contributed by atoms with Gasteiger partial charge in [0, 0.05) is 0 Å². The molecule has 142 valence electrons. The monoisotopic (exact) mass is 371 g/mol. The zero-order valence-electron chi connectivity index (χ0n) is 15.3. The molecule has 1 aromatic carbocycles. The first kappa shape index (κ1) is 19.3. The van der Waals surface area contributed by atoms with Crippen molar-refractivity contribution in [3.8, 4) is 11.6 Å². The number of rotatable bonds is 7. The van der Waals surface area contributed by atoms with E-state index in [-0.39, 0.29) is 24.2 Å². The van der Waals surface area contributed by atoms with Gasteiger partial charge in [-0.05, 0) is 36.0 Å². The van der Waals surface area contributed by atoms with Crippen molar-refractivity contribution in [1.29, 1.82) is 0 Å². The highest BCUT2D eigenvalue weighted by Gasteiger charge is 2.30. The van der Waals surface area contributed by atoms with Crippen LogP contribution in [0.5, 0.6) is 11.6 Å². The summed E-state index contributed by atoms with van der Waals surface area (Å²) in [5.41, 5.74) is 2.55. The zero-order chi connectivity index (χ0) is 19.4. The lowest BCUT2D eigenvalue weighted by molar-refractivity contribution is 0.0907. The van der Waals surface area contributed by atoms with Crippen molar-refractivity contribution in [2.75, 3.05) is 6.61 Å². The van der Waals surface area contributed by atoms with Gasteiger partial charge in [0.15, 0.2) is 0 Å². The fraction of sp³-hybridized carbons (Fsp3) is 0.389. The molecule has 1 aliphatic rings. The van der Waals surface area contributed by atoms with Gasteiger partial charge in [0.1, 0.15) is 11.4 Å². The topological polar surface area (TPSA) is 114 Å². The molecule has 9 heteroatoms. The first-order chi connectivity index (χ1) is 13.0. The molecule has 1 aliphatic heterocycles. The van der Waals surface area contributed by atoms with Gasteiger partial charge in [-0.1, -0.05) is 19.4 Å². The number of hydrogen-bond acceptors (Lipinski definition) is 7. The van der Waals surface area contributed by atoms with Crippen molar-refractivity contribution in [3.05, 3.63) is 41.3 Å². The van der Waals surface area contributed by atoms with E-state index < -0.39 is 13.0 Å². The number of carbonyl (C=O) groups is 1. The number of amides is 1. The van der Waals surface area contributed by atoms with Gasteiger partial charge in [0.2, 0.25) is 5.88 Å². The molecule has 1 aromatic heterocycles. The van der Waals surface area contributed by atoms with Crippen LogP contribution in [-0.2, 0) is 11.3 Å². The summed E-state index contributed by atoms with van der Waals surface area (Å²) in [5.74, 6) is 0.374. The van der Waals surface area contributed by atoms with Crippen LogP contribution in [0.15, 0.2) is 24.5 Å². The summed E-state index contributed by atoms with van der Waals surface area (Å²) in [7, 11) is -0.955. The lowest BCUT2D eigenvalue weighted by Gasteiger charge is -2.15. The van der Waals surface area contributed by atoms with Gasteiger partial charge in [-0.15, -0.1) is 0 Å². The SMILES string of the molecule is CCCC(CO)NC(=O)c1cnc(Oc2ccc3c(c2C)B(O)OC3)cn1. The van der Waals surface area contributed by atoms with Crippen molar-refractivity contribution in [2.24, 2.45) is 0 Å². The summed E-state index contributed by atoms with van der Waals surface area (Å²) in [6.07, 6.45) is 4.22. The molecule has 8 nitrogen and oxygen atoms in total. The van der Waals surface area contributed by atoms with Crippen molar-refractivity contribution in [1.82, 2.24) is 15.3 Å². The molecule has 1 amide bonds. The number of fused-ring (bicyclic) bond motifs is 1. The van der Waals surface area contributed by atoms with E-state index in [2.05, 4.69) is 15.3 Å². The van der Waals surface area contributed by atoms with Crippen LogP contribution < -0.4 is 15.5 Å². The number of benzene rings is 1. The molecule has 3 rings (SSSR count). The summed E-state index contributed by atoms with van der Waals surface area (Å²) in [5, 5.41) is 21.9. The number of ether oxygens (including phenoxy) is 1. The van der Waals surface area contributed by atoms with E-state index >= 15 is 0 Å². The van der Waals surface area contributed by atoms with E-state index in [9.17, 15) is 14.9 Å². The first-order valence-corrected chi connectivity index (χ1v) is 8.87. The Morgan fingerprint density at radius 1 is 1.41 bits per heavy atom. The molecule has 2 heterocycles. The molecule has 0 radical (unpaired) electrons. The molecule has 0 saturated heterocycles. The third kappa shape index (κ3) is 4.27. The van der Waals surface area contributed by atoms with Crippen LogP contribution in [0.4, 0.5) is 0 Å². The maximum atomic E-state index is 12.2. The van der Waals surface area contributed by atoms with Crippen LogP contribution in [0, 0.1) is 6.92 Å². The minimum Gasteiger partial charge on any atom is -0.437 e. The summed E-state index contributed by atoms with van der Waals surface area (Å²) in [6, 6.07) is 3.32. The predicted molar refractivity (Wildman–Crippen MR) is 98.9 cm³/mol. The average Bonchev–Trinajstić information content (AvgIpc) is 3.05. The minimum atomic E-state index is -0.955. The van der Waals surface area contributed by atoms with Gasteiger partial charge in [-0.2, -0.15) is 0 Å². The first-order valence-electron chi connectivity index (χ1n) is 8.87. The van der Waals surface area contributed by atoms with E-state index in [1.54, 1.807) is 6.07 Å². The molecule has 2 aromatic rings.